The molecule has 0 aliphatic carbocycles. The van der Waals surface area contributed by atoms with Crippen LogP contribution in [-0.4, -0.2) is 55.9 Å². The van der Waals surface area contributed by atoms with Gasteiger partial charge in [0.2, 0.25) is 5.91 Å². The third-order valence-electron chi connectivity index (χ3n) is 4.67. The van der Waals surface area contributed by atoms with Gasteiger partial charge in [-0.1, -0.05) is 66.3 Å². The lowest BCUT2D eigenvalue weighted by Gasteiger charge is -2.10. The van der Waals surface area contributed by atoms with Gasteiger partial charge in [-0.3, -0.25) is 4.79 Å². The van der Waals surface area contributed by atoms with Crippen molar-refractivity contribution in [3.05, 3.63) is 66.4 Å². The van der Waals surface area contributed by atoms with Gasteiger partial charge in [-0.15, -0.1) is 11.6 Å². The number of amides is 1. The smallest absolute Gasteiger partial charge is 0.217 e. The monoisotopic (exact) mass is 657 g/mol. The highest BCUT2D eigenvalue weighted by molar-refractivity contribution is 8.76. The number of primary amides is 1. The van der Waals surface area contributed by atoms with Crippen molar-refractivity contribution in [2.24, 2.45) is 11.5 Å². The van der Waals surface area contributed by atoms with E-state index in [4.69, 9.17) is 20.9 Å². The van der Waals surface area contributed by atoms with Gasteiger partial charge >= 0.3 is 0 Å². The lowest BCUT2D eigenvalue weighted by Crippen LogP contribution is -2.08. The molecule has 0 saturated heterocycles. The molecule has 0 heterocycles. The zero-order valence-electron chi connectivity index (χ0n) is 27.2. The van der Waals surface area contributed by atoms with Gasteiger partial charge in [0.25, 0.3) is 0 Å². The van der Waals surface area contributed by atoms with Crippen molar-refractivity contribution in [3.63, 3.8) is 0 Å². The molecule has 0 aromatic heterocycles. The van der Waals surface area contributed by atoms with Crippen molar-refractivity contribution in [2.45, 2.75) is 66.7 Å². The van der Waals surface area contributed by atoms with E-state index in [0.717, 1.165) is 54.3 Å². The number of benzene rings is 1. The van der Waals surface area contributed by atoms with E-state index in [1.807, 2.05) is 91.1 Å². The van der Waals surface area contributed by atoms with Crippen LogP contribution in [0.1, 0.15) is 72.3 Å². The molecule has 0 radical (unpaired) electrons. The predicted molar refractivity (Wildman–Crippen MR) is 193 cm³/mol. The number of halogens is 1. The van der Waals surface area contributed by atoms with Crippen LogP contribution in [0.4, 0.5) is 0 Å². The van der Waals surface area contributed by atoms with Crippen LogP contribution in [0.25, 0.3) is 6.08 Å². The van der Waals surface area contributed by atoms with Gasteiger partial charge in [0.1, 0.15) is 17.3 Å². The van der Waals surface area contributed by atoms with Crippen LogP contribution in [0, 0.1) is 0 Å². The van der Waals surface area contributed by atoms with Gasteiger partial charge in [-0.05, 0) is 70.0 Å². The molecule has 0 saturated carbocycles. The lowest BCUT2D eigenvalue weighted by molar-refractivity contribution is -0.118. The molecule has 0 bridgehead atoms. The molecule has 7 nitrogen and oxygen atoms in total. The molecule has 0 aliphatic rings. The molecule has 246 valence electrons. The summed E-state index contributed by atoms with van der Waals surface area (Å²) in [6, 6.07) is 5.84. The number of rotatable bonds is 20. The van der Waals surface area contributed by atoms with Crippen molar-refractivity contribution in [2.75, 3.05) is 44.2 Å². The van der Waals surface area contributed by atoms with Crippen molar-refractivity contribution in [1.29, 1.82) is 0 Å². The summed E-state index contributed by atoms with van der Waals surface area (Å²) >= 11 is 4.64. The summed E-state index contributed by atoms with van der Waals surface area (Å²) in [6.45, 7) is 16.2. The molecule has 1 amide bonds. The Morgan fingerprint density at radius 3 is 2.19 bits per heavy atom. The van der Waals surface area contributed by atoms with Gasteiger partial charge in [0.15, 0.2) is 0 Å². The van der Waals surface area contributed by atoms with Gasteiger partial charge in [-0.2, -0.15) is 0 Å². The maximum atomic E-state index is 10.9. The largest absolute Gasteiger partial charge is 0.494 e. The summed E-state index contributed by atoms with van der Waals surface area (Å²) in [4.78, 5) is 20.7. The number of hydrogen-bond donors (Lipinski definition) is 3. The minimum atomic E-state index is -0.211. The van der Waals surface area contributed by atoms with Crippen LogP contribution in [0.3, 0.4) is 0 Å². The zero-order valence-corrected chi connectivity index (χ0v) is 29.6. The lowest BCUT2D eigenvalue weighted by atomic mass is 10.1. The number of carbonyl (C=O) groups is 2. The number of ketones is 1. The van der Waals surface area contributed by atoms with E-state index in [1.54, 1.807) is 13.0 Å². The van der Waals surface area contributed by atoms with E-state index in [2.05, 4.69) is 30.4 Å². The summed E-state index contributed by atoms with van der Waals surface area (Å²) in [5, 5.41) is 3.20. The second-order valence-electron chi connectivity index (χ2n) is 8.54. The molecule has 43 heavy (non-hydrogen) atoms. The Morgan fingerprint density at radius 2 is 1.67 bits per heavy atom. The van der Waals surface area contributed by atoms with E-state index < -0.39 is 0 Å². The molecule has 1 aromatic rings. The molecule has 0 spiro atoms. The number of nitrogens with two attached hydrogens (primary N) is 2. The average molecular weight is 658 g/mol. The minimum Gasteiger partial charge on any atom is -0.494 e. The summed E-state index contributed by atoms with van der Waals surface area (Å²) in [6.07, 6.45) is 17.1. The number of carbonyl (C=O) groups excluding carboxylic acids is 2. The molecule has 0 aliphatic heterocycles. The Balaban J connectivity index is -0.000000819. The first-order chi connectivity index (χ1) is 20.8. The standard InChI is InChI=1S/C23H31NO3.C5H13NS2.C4H9NO.CH3Cl/c1-5-9-20(15-17-24-16-8-10-19(4)25)11-12-21-13-14-22(26-6-2)18-23(21)27-7-3;1-2-4-7-8-5-3-6;1-2-3-4(5)6;1-2/h5,9,11-15,17-18,24H,1,6-8,10,16H2,2-4H3;2-6H2,1H3;2-3H2,1H3,(H2,5,6);1H3/b12-11+,17-15-,20-9-;;;. The van der Waals surface area contributed by atoms with Crippen molar-refractivity contribution in [3.8, 4) is 11.5 Å². The SMILES string of the molecule is C=C/C=C(\C=C/NCCCC(C)=O)/C=C/c1ccc(OCC)cc1OCC.CCCC(N)=O.CCCSSCCN.CCl. The maximum absolute atomic E-state index is 10.9. The van der Waals surface area contributed by atoms with E-state index in [0.29, 0.717) is 26.1 Å². The quantitative estimate of drug-likeness (QED) is 0.0560. The van der Waals surface area contributed by atoms with Gasteiger partial charge < -0.3 is 31.1 Å². The Bertz CT molecular complexity index is 919. The Morgan fingerprint density at radius 1 is 1.00 bits per heavy atom. The van der Waals surface area contributed by atoms with Crippen molar-refractivity contribution >= 4 is 51.0 Å². The summed E-state index contributed by atoms with van der Waals surface area (Å²) in [7, 11) is 3.78. The van der Waals surface area contributed by atoms with Crippen LogP contribution in [0.15, 0.2) is 60.9 Å². The van der Waals surface area contributed by atoms with Crippen LogP contribution in [-0.2, 0) is 9.59 Å². The highest BCUT2D eigenvalue weighted by Gasteiger charge is 2.03. The van der Waals surface area contributed by atoms with Crippen LogP contribution >= 0.6 is 33.2 Å². The molecule has 10 heteroatoms. The summed E-state index contributed by atoms with van der Waals surface area (Å²) in [5.74, 6) is 3.95. The number of Topliss-reactive ketones (excluding diaryl/α,β-unsaturated/α-hetero) is 1. The Hall–Kier alpha value is -2.33. The van der Waals surface area contributed by atoms with Crippen LogP contribution < -0.4 is 26.3 Å². The van der Waals surface area contributed by atoms with Gasteiger partial charge in [0, 0.05) is 55.4 Å². The van der Waals surface area contributed by atoms with E-state index in [1.165, 1.54) is 18.6 Å². The molecule has 5 N–H and O–H groups in total. The number of allylic oxidation sites excluding steroid dienone is 5. The molecule has 1 aromatic carbocycles. The maximum Gasteiger partial charge on any atom is 0.217 e. The molecule has 0 fully saturated rings. The van der Waals surface area contributed by atoms with E-state index in [9.17, 15) is 9.59 Å². The first-order valence-corrected chi connectivity index (χ1v) is 17.9. The number of ether oxygens (including phenoxy) is 2. The first kappa shape index (κ1) is 45.1. The fourth-order valence-corrected chi connectivity index (χ4v) is 4.85. The average Bonchev–Trinajstić information content (AvgIpc) is 2.98. The molecule has 1 rings (SSSR count). The predicted octanol–water partition coefficient (Wildman–Crippen LogP) is 7.95. The zero-order chi connectivity index (χ0) is 33.1. The molecular weight excluding hydrogens is 602 g/mol. The number of nitrogens with one attached hydrogen (secondary N) is 1. The Kier molecular flexibility index (Phi) is 37.6. The second kappa shape index (κ2) is 35.9. The highest BCUT2D eigenvalue weighted by Crippen LogP contribution is 2.27. The van der Waals surface area contributed by atoms with Crippen LogP contribution in [0.5, 0.6) is 11.5 Å². The minimum absolute atomic E-state index is 0.211. The molecular formula is C33H56ClN3O4S2. The van der Waals surface area contributed by atoms with E-state index in [-0.39, 0.29) is 11.7 Å². The van der Waals surface area contributed by atoms with Crippen molar-refractivity contribution in [1.82, 2.24) is 5.32 Å². The second-order valence-corrected chi connectivity index (χ2v) is 11.2. The molecule has 0 unspecified atom stereocenters. The first-order valence-electron chi connectivity index (χ1n) is 14.7. The topological polar surface area (TPSA) is 117 Å². The van der Waals surface area contributed by atoms with Gasteiger partial charge in [0.05, 0.1) is 13.2 Å². The van der Waals surface area contributed by atoms with Crippen LogP contribution in [0.2, 0.25) is 0 Å². The summed E-state index contributed by atoms with van der Waals surface area (Å²) < 4.78 is 11.3. The number of hydrogen-bond acceptors (Lipinski definition) is 8. The Labute approximate surface area is 274 Å². The van der Waals surface area contributed by atoms with E-state index >= 15 is 0 Å². The highest BCUT2D eigenvalue weighted by atomic mass is 35.5. The normalized spacial score (nSPS) is 10.5. The van der Waals surface area contributed by atoms with Crippen molar-refractivity contribution < 1.29 is 19.1 Å². The third kappa shape index (κ3) is 32.4. The fourth-order valence-electron chi connectivity index (χ4n) is 2.85. The third-order valence-corrected chi connectivity index (χ3v) is 7.32. The number of alkyl halides is 1. The molecule has 0 atom stereocenters. The van der Waals surface area contributed by atoms with Gasteiger partial charge in [-0.25, -0.2) is 0 Å². The fraction of sp³-hybridized carbons (Fsp3) is 0.515. The summed E-state index contributed by atoms with van der Waals surface area (Å²) in [5.41, 5.74) is 12.0.